The number of Topliss-reactive ketones (excluding diaryl/α,β-unsaturated/α-hetero) is 1. The van der Waals surface area contributed by atoms with E-state index in [1.165, 1.54) is 12.3 Å². The Bertz CT molecular complexity index is 923. The first-order valence-corrected chi connectivity index (χ1v) is 8.32. The van der Waals surface area contributed by atoms with Crippen LogP contribution in [0.15, 0.2) is 35.3 Å². The lowest BCUT2D eigenvalue weighted by Crippen LogP contribution is -2.38. The molecule has 2 aromatic rings. The van der Waals surface area contributed by atoms with E-state index >= 15 is 0 Å². The molecule has 0 saturated carbocycles. The van der Waals surface area contributed by atoms with Gasteiger partial charge in [0.2, 0.25) is 0 Å². The van der Waals surface area contributed by atoms with Gasteiger partial charge in [-0.2, -0.15) is 0 Å². The van der Waals surface area contributed by atoms with Crippen molar-refractivity contribution in [3.8, 4) is 5.75 Å². The molecule has 2 heterocycles. The highest BCUT2D eigenvalue weighted by Gasteiger charge is 2.25. The fourth-order valence-corrected chi connectivity index (χ4v) is 3.16. The normalized spacial score (nSPS) is 13.4. The lowest BCUT2D eigenvalue weighted by molar-refractivity contribution is -0.121. The predicted octanol–water partition coefficient (Wildman–Crippen LogP) is 2.78. The summed E-state index contributed by atoms with van der Waals surface area (Å²) in [6.07, 6.45) is 1.36. The van der Waals surface area contributed by atoms with Crippen molar-refractivity contribution in [3.05, 3.63) is 56.4 Å². The number of carbonyl (C=O) groups is 2. The lowest BCUT2D eigenvalue weighted by Gasteiger charge is -2.28. The van der Waals surface area contributed by atoms with Gasteiger partial charge in [0.15, 0.2) is 12.4 Å². The molecule has 1 aliphatic rings. The van der Waals surface area contributed by atoms with Gasteiger partial charge in [0.25, 0.3) is 11.5 Å². The van der Waals surface area contributed by atoms with Crippen LogP contribution >= 0.6 is 23.2 Å². The van der Waals surface area contributed by atoms with E-state index in [9.17, 15) is 14.4 Å². The lowest BCUT2D eigenvalue weighted by atomic mass is 10.1. The van der Waals surface area contributed by atoms with Gasteiger partial charge in [-0.25, -0.2) is 0 Å². The highest BCUT2D eigenvalue weighted by molar-refractivity contribution is 6.34. The molecule has 0 saturated heterocycles. The molecule has 25 heavy (non-hydrogen) atoms. The van der Waals surface area contributed by atoms with E-state index in [1.807, 2.05) is 6.92 Å². The van der Waals surface area contributed by atoms with Gasteiger partial charge in [0, 0.05) is 18.3 Å². The molecule has 0 spiro atoms. The van der Waals surface area contributed by atoms with Gasteiger partial charge >= 0.3 is 0 Å². The van der Waals surface area contributed by atoms with Crippen LogP contribution < -0.4 is 15.2 Å². The number of likely N-dealkylation sites (N-methyl/N-ethyl adjacent to an activating group) is 1. The van der Waals surface area contributed by atoms with Crippen LogP contribution in [0.4, 0.5) is 5.69 Å². The van der Waals surface area contributed by atoms with Crippen LogP contribution in [0, 0.1) is 0 Å². The Labute approximate surface area is 153 Å². The number of fused-ring (bicyclic) bond motifs is 1. The first-order valence-electron chi connectivity index (χ1n) is 7.56. The molecule has 3 rings (SSSR count). The minimum absolute atomic E-state index is 0.0233. The van der Waals surface area contributed by atoms with Crippen LogP contribution in [-0.4, -0.2) is 29.4 Å². The molecule has 1 aliphatic heterocycles. The third kappa shape index (κ3) is 3.41. The van der Waals surface area contributed by atoms with Crippen molar-refractivity contribution < 1.29 is 14.3 Å². The van der Waals surface area contributed by atoms with Crippen LogP contribution in [0.1, 0.15) is 17.3 Å². The fourth-order valence-electron chi connectivity index (χ4n) is 2.65. The number of pyridine rings is 1. The van der Waals surface area contributed by atoms with Crippen LogP contribution in [-0.2, 0) is 11.3 Å². The zero-order valence-corrected chi connectivity index (χ0v) is 14.8. The Morgan fingerprint density at radius 3 is 2.72 bits per heavy atom. The summed E-state index contributed by atoms with van der Waals surface area (Å²) in [5.74, 6) is 0.0655. The minimum Gasteiger partial charge on any atom is -0.482 e. The number of benzene rings is 1. The highest BCUT2D eigenvalue weighted by Crippen LogP contribution is 2.33. The van der Waals surface area contributed by atoms with Gasteiger partial charge < -0.3 is 14.2 Å². The summed E-state index contributed by atoms with van der Waals surface area (Å²) in [6.45, 7) is 2.08. The molecule has 0 fully saturated rings. The van der Waals surface area contributed by atoms with Crippen molar-refractivity contribution in [2.24, 2.45) is 0 Å². The third-order valence-corrected chi connectivity index (χ3v) is 4.34. The van der Waals surface area contributed by atoms with E-state index in [0.717, 1.165) is 4.57 Å². The van der Waals surface area contributed by atoms with Crippen LogP contribution in [0.2, 0.25) is 10.0 Å². The Balaban J connectivity index is 1.93. The Hall–Kier alpha value is -2.31. The maximum absolute atomic E-state index is 12.6. The average Bonchev–Trinajstić information content (AvgIpc) is 2.58. The number of rotatable bonds is 4. The van der Waals surface area contributed by atoms with Gasteiger partial charge in [-0.05, 0) is 31.2 Å². The number of amides is 1. The molecular weight excluding hydrogens is 367 g/mol. The van der Waals surface area contributed by atoms with E-state index in [4.69, 9.17) is 27.9 Å². The van der Waals surface area contributed by atoms with Crippen molar-refractivity contribution >= 4 is 40.6 Å². The van der Waals surface area contributed by atoms with Gasteiger partial charge in [0.05, 0.1) is 17.3 Å². The predicted molar refractivity (Wildman–Crippen MR) is 95.0 cm³/mol. The van der Waals surface area contributed by atoms with Crippen molar-refractivity contribution in [2.75, 3.05) is 18.1 Å². The topological polar surface area (TPSA) is 68.6 Å². The summed E-state index contributed by atoms with van der Waals surface area (Å²) in [5.41, 5.74) is 0.408. The zero-order valence-electron chi connectivity index (χ0n) is 13.3. The molecule has 6 nitrogen and oxygen atoms in total. The number of anilines is 1. The van der Waals surface area contributed by atoms with Gasteiger partial charge in [0.1, 0.15) is 10.8 Å². The van der Waals surface area contributed by atoms with Crippen LogP contribution in [0.3, 0.4) is 0 Å². The molecule has 0 bridgehead atoms. The average molecular weight is 381 g/mol. The second kappa shape index (κ2) is 6.90. The Kier molecular flexibility index (Phi) is 4.83. The second-order valence-electron chi connectivity index (χ2n) is 5.47. The fraction of sp³-hybridized carbons (Fsp3) is 0.235. The number of halogens is 2. The third-order valence-electron chi connectivity index (χ3n) is 3.86. The number of ether oxygens (including phenoxy) is 1. The Morgan fingerprint density at radius 2 is 2.00 bits per heavy atom. The smallest absolute Gasteiger partial charge is 0.269 e. The molecule has 0 N–H and O–H groups in total. The van der Waals surface area contributed by atoms with E-state index < -0.39 is 5.56 Å². The van der Waals surface area contributed by atoms with E-state index in [1.54, 1.807) is 23.1 Å². The van der Waals surface area contributed by atoms with Crippen molar-refractivity contribution in [1.29, 1.82) is 0 Å². The maximum Gasteiger partial charge on any atom is 0.269 e. The number of ketones is 1. The molecule has 1 aromatic carbocycles. The molecule has 8 heteroatoms. The molecule has 0 unspecified atom stereocenters. The molecule has 1 amide bonds. The van der Waals surface area contributed by atoms with E-state index in [-0.39, 0.29) is 34.9 Å². The summed E-state index contributed by atoms with van der Waals surface area (Å²) in [5, 5.41) is 0.209. The van der Waals surface area contributed by atoms with Gasteiger partial charge in [-0.3, -0.25) is 14.4 Å². The van der Waals surface area contributed by atoms with Crippen molar-refractivity contribution in [1.82, 2.24) is 4.57 Å². The molecule has 0 radical (unpaired) electrons. The van der Waals surface area contributed by atoms with Crippen molar-refractivity contribution in [2.45, 2.75) is 13.5 Å². The monoisotopic (exact) mass is 380 g/mol. The summed E-state index contributed by atoms with van der Waals surface area (Å²) in [6, 6.07) is 6.16. The van der Waals surface area contributed by atoms with Gasteiger partial charge in [-0.15, -0.1) is 0 Å². The second-order valence-corrected chi connectivity index (χ2v) is 6.32. The molecule has 0 aliphatic carbocycles. The largest absolute Gasteiger partial charge is 0.482 e. The summed E-state index contributed by atoms with van der Waals surface area (Å²) >= 11 is 11.7. The quantitative estimate of drug-likeness (QED) is 0.764. The first-order chi connectivity index (χ1) is 11.9. The first kappa shape index (κ1) is 17.5. The number of hydrogen-bond donors (Lipinski definition) is 0. The summed E-state index contributed by atoms with van der Waals surface area (Å²) < 4.78 is 6.54. The molecule has 0 atom stereocenters. The maximum atomic E-state index is 12.6. The number of aromatic nitrogens is 1. The van der Waals surface area contributed by atoms with E-state index in [2.05, 4.69) is 0 Å². The van der Waals surface area contributed by atoms with Gasteiger partial charge in [-0.1, -0.05) is 23.2 Å². The summed E-state index contributed by atoms with van der Waals surface area (Å²) in [7, 11) is 0. The van der Waals surface area contributed by atoms with E-state index in [0.29, 0.717) is 23.5 Å². The number of carbonyl (C=O) groups excluding carboxylic acids is 2. The number of nitrogens with zero attached hydrogens (tertiary/aromatic N) is 2. The zero-order chi connectivity index (χ0) is 18.1. The molecule has 130 valence electrons. The minimum atomic E-state index is -0.494. The van der Waals surface area contributed by atoms with Crippen LogP contribution in [0.25, 0.3) is 0 Å². The van der Waals surface area contributed by atoms with Crippen molar-refractivity contribution in [3.63, 3.8) is 0 Å². The SMILES string of the molecule is CCN1C(=O)COc2ccc(C(=O)Cn3cc(Cl)cc(Cl)c3=O)cc21. The molecular formula is C17H14Cl2N2O4. The van der Waals surface area contributed by atoms with Crippen LogP contribution in [0.5, 0.6) is 5.75 Å². The summed E-state index contributed by atoms with van der Waals surface area (Å²) in [4.78, 5) is 38.0. The standard InChI is InChI=1S/C17H14Cl2N2O4/c1-2-21-13-5-10(3-4-15(13)25-9-16(21)23)14(22)8-20-7-11(18)6-12(19)17(20)24/h3-7H,2,8-9H2,1H3. The Morgan fingerprint density at radius 1 is 1.24 bits per heavy atom. The molecule has 1 aromatic heterocycles. The highest BCUT2D eigenvalue weighted by atomic mass is 35.5. The number of hydrogen-bond acceptors (Lipinski definition) is 4.